The number of carbonyl (C=O) groups excluding carboxylic acids is 2. The van der Waals surface area contributed by atoms with E-state index in [0.29, 0.717) is 18.0 Å². The molecular formula is C23H32N2O3. The van der Waals surface area contributed by atoms with Crippen LogP contribution in [0.4, 0.5) is 0 Å². The van der Waals surface area contributed by atoms with Crippen LogP contribution < -0.4 is 5.32 Å². The van der Waals surface area contributed by atoms with E-state index < -0.39 is 0 Å². The van der Waals surface area contributed by atoms with Crippen molar-refractivity contribution in [2.45, 2.75) is 58.9 Å². The highest BCUT2D eigenvalue weighted by Crippen LogP contribution is 2.29. The maximum atomic E-state index is 12.9. The van der Waals surface area contributed by atoms with Gasteiger partial charge < -0.3 is 14.6 Å². The number of nitrogens with one attached hydrogen (secondary N) is 1. The molecular weight excluding hydrogens is 352 g/mol. The number of carbonyl (C=O) groups is 2. The molecule has 0 radical (unpaired) electrons. The Morgan fingerprint density at radius 2 is 1.89 bits per heavy atom. The van der Waals surface area contributed by atoms with E-state index in [2.05, 4.69) is 16.0 Å². The van der Waals surface area contributed by atoms with Gasteiger partial charge in [0.2, 0.25) is 0 Å². The Morgan fingerprint density at radius 3 is 2.61 bits per heavy atom. The molecule has 1 aromatic carbocycles. The number of hydrogen-bond acceptors (Lipinski definition) is 3. The first kappa shape index (κ1) is 20.4. The summed E-state index contributed by atoms with van der Waals surface area (Å²) in [7, 11) is 1.39. The van der Waals surface area contributed by atoms with Crippen molar-refractivity contribution in [2.75, 3.05) is 13.7 Å². The summed E-state index contributed by atoms with van der Waals surface area (Å²) in [4.78, 5) is 24.5. The number of amides is 1. The van der Waals surface area contributed by atoms with Crippen molar-refractivity contribution in [1.29, 1.82) is 0 Å². The molecule has 28 heavy (non-hydrogen) atoms. The molecule has 152 valence electrons. The largest absolute Gasteiger partial charge is 0.469 e. The fraction of sp³-hybridized carbons (Fsp3) is 0.565. The summed E-state index contributed by atoms with van der Waals surface area (Å²) in [6.45, 7) is 5.30. The van der Waals surface area contributed by atoms with Gasteiger partial charge in [-0.3, -0.25) is 9.59 Å². The lowest BCUT2D eigenvalue weighted by atomic mass is 9.89. The lowest BCUT2D eigenvalue weighted by Crippen LogP contribution is -2.35. The zero-order valence-electron chi connectivity index (χ0n) is 17.3. The Balaban J connectivity index is 1.74. The predicted octanol–water partition coefficient (Wildman–Crippen LogP) is 4.54. The van der Waals surface area contributed by atoms with E-state index in [1.165, 1.54) is 39.2 Å². The number of hydrogen-bond donors (Lipinski definition) is 1. The Kier molecular flexibility index (Phi) is 6.42. The third kappa shape index (κ3) is 4.94. The van der Waals surface area contributed by atoms with E-state index in [-0.39, 0.29) is 23.7 Å². The lowest BCUT2D eigenvalue weighted by Gasteiger charge is -2.23. The summed E-state index contributed by atoms with van der Waals surface area (Å²) in [5.74, 6) is 0.347. The van der Waals surface area contributed by atoms with Gasteiger partial charge in [0, 0.05) is 30.2 Å². The minimum absolute atomic E-state index is 0.0865. The Hall–Kier alpha value is -2.30. The fourth-order valence-electron chi connectivity index (χ4n) is 4.17. The van der Waals surface area contributed by atoms with Gasteiger partial charge in [-0.2, -0.15) is 0 Å². The predicted molar refractivity (Wildman–Crippen MR) is 111 cm³/mol. The van der Waals surface area contributed by atoms with Gasteiger partial charge in [0.1, 0.15) is 0 Å². The summed E-state index contributed by atoms with van der Waals surface area (Å²) in [5.41, 5.74) is 1.47. The van der Waals surface area contributed by atoms with Gasteiger partial charge in [0.25, 0.3) is 5.91 Å². The van der Waals surface area contributed by atoms with Gasteiger partial charge in [-0.25, -0.2) is 0 Å². The molecule has 1 fully saturated rings. The first-order valence-corrected chi connectivity index (χ1v) is 10.3. The maximum absolute atomic E-state index is 12.9. The van der Waals surface area contributed by atoms with E-state index in [4.69, 9.17) is 4.74 Å². The molecule has 1 aliphatic rings. The minimum atomic E-state index is -0.358. The van der Waals surface area contributed by atoms with Crippen LogP contribution in [-0.2, 0) is 16.1 Å². The number of para-hydroxylation sites is 1. The molecule has 5 heteroatoms. The molecule has 1 amide bonds. The Bertz CT molecular complexity index is 831. The number of methoxy groups -OCH3 is 1. The van der Waals surface area contributed by atoms with Crippen LogP contribution in [0.25, 0.3) is 10.9 Å². The number of fused-ring (bicyclic) bond motifs is 1. The molecule has 1 aromatic heterocycles. The third-order valence-electron chi connectivity index (χ3n) is 5.79. The van der Waals surface area contributed by atoms with Crippen LogP contribution in [0.15, 0.2) is 30.5 Å². The Labute approximate surface area is 167 Å². The maximum Gasteiger partial charge on any atom is 0.306 e. The number of aromatic nitrogens is 1. The van der Waals surface area contributed by atoms with Crippen LogP contribution in [0.3, 0.4) is 0 Å². The van der Waals surface area contributed by atoms with E-state index in [0.717, 1.165) is 17.4 Å². The first-order valence-electron chi connectivity index (χ1n) is 10.3. The van der Waals surface area contributed by atoms with Gasteiger partial charge in [-0.05, 0) is 30.2 Å². The summed E-state index contributed by atoms with van der Waals surface area (Å²) in [6.07, 6.45) is 8.79. The summed E-state index contributed by atoms with van der Waals surface area (Å²) in [5, 5.41) is 4.01. The van der Waals surface area contributed by atoms with Crippen LogP contribution in [0, 0.1) is 11.3 Å². The van der Waals surface area contributed by atoms with Gasteiger partial charge in [0.05, 0.1) is 19.1 Å². The van der Waals surface area contributed by atoms with Crippen molar-refractivity contribution >= 4 is 22.8 Å². The van der Waals surface area contributed by atoms with Crippen molar-refractivity contribution in [1.82, 2.24) is 9.88 Å². The van der Waals surface area contributed by atoms with Crippen molar-refractivity contribution in [3.8, 4) is 0 Å². The van der Waals surface area contributed by atoms with Crippen LogP contribution in [0.5, 0.6) is 0 Å². The third-order valence-corrected chi connectivity index (χ3v) is 5.79. The van der Waals surface area contributed by atoms with E-state index in [9.17, 15) is 9.59 Å². The molecule has 1 heterocycles. The molecule has 3 rings (SSSR count). The van der Waals surface area contributed by atoms with Crippen molar-refractivity contribution in [3.05, 3.63) is 36.0 Å². The van der Waals surface area contributed by atoms with Crippen molar-refractivity contribution < 1.29 is 14.3 Å². The highest BCUT2D eigenvalue weighted by molar-refractivity contribution is 6.07. The summed E-state index contributed by atoms with van der Waals surface area (Å²) < 4.78 is 7.01. The van der Waals surface area contributed by atoms with E-state index in [1.807, 2.05) is 38.2 Å². The van der Waals surface area contributed by atoms with Crippen LogP contribution in [0.2, 0.25) is 0 Å². The topological polar surface area (TPSA) is 60.3 Å². The first-order chi connectivity index (χ1) is 13.4. The summed E-state index contributed by atoms with van der Waals surface area (Å²) in [6, 6.07) is 8.11. The quantitative estimate of drug-likeness (QED) is 0.713. The molecule has 0 bridgehead atoms. The normalized spacial score (nSPS) is 15.5. The molecule has 0 unspecified atom stereocenters. The second-order valence-electron chi connectivity index (χ2n) is 8.82. The van der Waals surface area contributed by atoms with E-state index >= 15 is 0 Å². The van der Waals surface area contributed by atoms with Gasteiger partial charge in [-0.1, -0.05) is 51.3 Å². The number of nitrogens with zero attached hydrogens (tertiary/aromatic N) is 1. The zero-order chi connectivity index (χ0) is 20.1. The highest BCUT2D eigenvalue weighted by Gasteiger charge is 2.25. The number of esters is 1. The van der Waals surface area contributed by atoms with Crippen LogP contribution >= 0.6 is 0 Å². The highest BCUT2D eigenvalue weighted by atomic mass is 16.5. The monoisotopic (exact) mass is 384 g/mol. The summed E-state index contributed by atoms with van der Waals surface area (Å²) >= 11 is 0. The standard InChI is InChI=1S/C23H32N2O3/c1-23(2,13-21(26)28-3)16-24-22(27)19-15-25(14-17-9-5-4-6-10-17)20-12-8-7-11-18(19)20/h7-8,11-12,15,17H,4-6,9-10,13-14,16H2,1-3H3,(H,24,27). The van der Waals surface area contributed by atoms with Gasteiger partial charge >= 0.3 is 5.97 Å². The SMILES string of the molecule is COC(=O)CC(C)(C)CNC(=O)c1cn(CC2CCCCC2)c2ccccc12. The second-order valence-corrected chi connectivity index (χ2v) is 8.82. The van der Waals surface area contributed by atoms with Crippen molar-refractivity contribution in [3.63, 3.8) is 0 Å². The lowest BCUT2D eigenvalue weighted by molar-refractivity contribution is -0.142. The number of rotatable bonds is 7. The van der Waals surface area contributed by atoms with Crippen LogP contribution in [0.1, 0.15) is 62.7 Å². The number of benzene rings is 1. The molecule has 0 saturated heterocycles. The van der Waals surface area contributed by atoms with Gasteiger partial charge in [-0.15, -0.1) is 0 Å². The molecule has 2 aromatic rings. The smallest absolute Gasteiger partial charge is 0.306 e. The average molecular weight is 385 g/mol. The molecule has 1 N–H and O–H groups in total. The van der Waals surface area contributed by atoms with Crippen LogP contribution in [-0.4, -0.2) is 30.1 Å². The Morgan fingerprint density at radius 1 is 1.18 bits per heavy atom. The molecule has 0 aliphatic heterocycles. The fourth-order valence-corrected chi connectivity index (χ4v) is 4.17. The zero-order valence-corrected chi connectivity index (χ0v) is 17.3. The molecule has 1 saturated carbocycles. The second kappa shape index (κ2) is 8.80. The minimum Gasteiger partial charge on any atom is -0.469 e. The van der Waals surface area contributed by atoms with E-state index in [1.54, 1.807) is 0 Å². The number of ether oxygens (including phenoxy) is 1. The molecule has 0 atom stereocenters. The molecule has 0 spiro atoms. The molecule has 5 nitrogen and oxygen atoms in total. The average Bonchev–Trinajstić information content (AvgIpc) is 3.05. The van der Waals surface area contributed by atoms with Crippen molar-refractivity contribution in [2.24, 2.45) is 11.3 Å². The van der Waals surface area contributed by atoms with Gasteiger partial charge in [0.15, 0.2) is 0 Å². The molecule has 1 aliphatic carbocycles.